The van der Waals surface area contributed by atoms with E-state index < -0.39 is 6.10 Å². The van der Waals surface area contributed by atoms with Gasteiger partial charge in [0.2, 0.25) is 0 Å². The number of hydrogen-bond donors (Lipinski definition) is 3. The van der Waals surface area contributed by atoms with Crippen molar-refractivity contribution in [3.05, 3.63) is 29.8 Å². The van der Waals surface area contributed by atoms with Gasteiger partial charge in [-0.1, -0.05) is 6.92 Å². The first-order chi connectivity index (χ1) is 10.9. The summed E-state index contributed by atoms with van der Waals surface area (Å²) >= 11 is 0. The number of nitrogens with one attached hydrogen (secondary N) is 3. The zero-order chi connectivity index (χ0) is 16.9. The Bertz CT molecular complexity index is 555. The maximum absolute atomic E-state index is 12.2. The molecular formula is C17H26ClN3O3. The van der Waals surface area contributed by atoms with E-state index in [1.807, 2.05) is 20.8 Å². The summed E-state index contributed by atoms with van der Waals surface area (Å²) in [4.78, 5) is 24.2. The topological polar surface area (TPSA) is 79.5 Å². The van der Waals surface area contributed by atoms with Crippen LogP contribution in [-0.2, 0) is 9.53 Å². The highest BCUT2D eigenvalue weighted by atomic mass is 35.5. The van der Waals surface area contributed by atoms with E-state index in [2.05, 4.69) is 16.0 Å². The van der Waals surface area contributed by atoms with Crippen molar-refractivity contribution in [3.63, 3.8) is 0 Å². The molecule has 1 aliphatic heterocycles. The van der Waals surface area contributed by atoms with E-state index in [1.165, 1.54) is 0 Å². The molecule has 1 unspecified atom stereocenters. The van der Waals surface area contributed by atoms with Crippen molar-refractivity contribution in [1.29, 1.82) is 0 Å². The Morgan fingerprint density at radius 2 is 1.96 bits per heavy atom. The molecule has 1 atom stereocenters. The Morgan fingerprint density at radius 3 is 2.50 bits per heavy atom. The molecule has 0 radical (unpaired) electrons. The molecule has 1 saturated heterocycles. The van der Waals surface area contributed by atoms with Crippen molar-refractivity contribution in [2.75, 3.05) is 25.0 Å². The lowest BCUT2D eigenvalue weighted by molar-refractivity contribution is -0.128. The number of carbonyl (C=O) groups excluding carboxylic acids is 2. The minimum atomic E-state index is -0.475. The van der Waals surface area contributed by atoms with E-state index in [0.29, 0.717) is 24.4 Å². The van der Waals surface area contributed by atoms with Gasteiger partial charge in [-0.05, 0) is 44.5 Å². The van der Waals surface area contributed by atoms with Crippen molar-refractivity contribution < 1.29 is 14.3 Å². The van der Waals surface area contributed by atoms with Crippen LogP contribution in [0.5, 0.6) is 0 Å². The molecule has 0 spiro atoms. The zero-order valence-electron chi connectivity index (χ0n) is 14.3. The molecule has 0 aromatic heterocycles. The lowest BCUT2D eigenvalue weighted by Gasteiger charge is -2.24. The van der Waals surface area contributed by atoms with E-state index in [4.69, 9.17) is 4.74 Å². The monoisotopic (exact) mass is 355 g/mol. The molecule has 6 nitrogen and oxygen atoms in total. The lowest BCUT2D eigenvalue weighted by Crippen LogP contribution is -2.45. The first-order valence-electron chi connectivity index (χ1n) is 7.97. The van der Waals surface area contributed by atoms with Crippen LogP contribution in [0.3, 0.4) is 0 Å². The molecule has 24 heavy (non-hydrogen) atoms. The van der Waals surface area contributed by atoms with E-state index in [9.17, 15) is 9.59 Å². The molecule has 7 heteroatoms. The largest absolute Gasteiger partial charge is 0.366 e. The molecule has 1 heterocycles. The van der Waals surface area contributed by atoms with Crippen LogP contribution in [0, 0.1) is 0 Å². The minimum Gasteiger partial charge on any atom is -0.366 e. The van der Waals surface area contributed by atoms with Gasteiger partial charge in [0, 0.05) is 29.9 Å². The molecule has 1 aromatic rings. The summed E-state index contributed by atoms with van der Waals surface area (Å²) in [7, 11) is 0. The predicted octanol–water partition coefficient (Wildman–Crippen LogP) is 1.95. The summed E-state index contributed by atoms with van der Waals surface area (Å²) in [5.74, 6) is -0.295. The van der Waals surface area contributed by atoms with Crippen molar-refractivity contribution in [2.45, 2.75) is 38.8 Å². The predicted molar refractivity (Wildman–Crippen MR) is 96.8 cm³/mol. The smallest absolute Gasteiger partial charge is 0.254 e. The summed E-state index contributed by atoms with van der Waals surface area (Å²) in [5.41, 5.74) is 0.977. The van der Waals surface area contributed by atoms with Crippen LogP contribution in [0.4, 0.5) is 5.69 Å². The molecule has 1 aromatic carbocycles. The number of benzene rings is 1. The standard InChI is InChI=1S/C17H25N3O3.ClH/c1-4-17(2,3)20-15(21)12-5-7-13(8-6-12)19-16(22)14-11-18-9-10-23-14;/h5-8,14,18H,4,9-11H2,1-3H3,(H,19,22)(H,20,21);1H. The first kappa shape index (κ1) is 20.4. The van der Waals surface area contributed by atoms with Crippen LogP contribution in [-0.4, -0.2) is 43.2 Å². The highest BCUT2D eigenvalue weighted by Crippen LogP contribution is 2.13. The van der Waals surface area contributed by atoms with Gasteiger partial charge in [0.1, 0.15) is 6.10 Å². The lowest BCUT2D eigenvalue weighted by atomic mass is 10.0. The molecule has 0 aliphatic carbocycles. The molecule has 0 bridgehead atoms. The number of hydrogen-bond acceptors (Lipinski definition) is 4. The highest BCUT2D eigenvalue weighted by Gasteiger charge is 2.22. The summed E-state index contributed by atoms with van der Waals surface area (Å²) in [6.07, 6.45) is 0.375. The number of rotatable bonds is 5. The van der Waals surface area contributed by atoms with Crippen molar-refractivity contribution in [1.82, 2.24) is 10.6 Å². The van der Waals surface area contributed by atoms with Gasteiger partial charge in [0.05, 0.1) is 6.61 Å². The molecule has 2 amide bonds. The van der Waals surface area contributed by atoms with E-state index in [1.54, 1.807) is 24.3 Å². The average Bonchev–Trinajstić information content (AvgIpc) is 2.56. The fourth-order valence-electron chi connectivity index (χ4n) is 2.13. The van der Waals surface area contributed by atoms with E-state index in [-0.39, 0.29) is 29.8 Å². The van der Waals surface area contributed by atoms with Crippen LogP contribution in [0.1, 0.15) is 37.6 Å². The number of amides is 2. The van der Waals surface area contributed by atoms with Gasteiger partial charge in [-0.3, -0.25) is 9.59 Å². The minimum absolute atomic E-state index is 0. The number of anilines is 1. The third kappa shape index (κ3) is 5.78. The van der Waals surface area contributed by atoms with Crippen molar-refractivity contribution in [2.24, 2.45) is 0 Å². The van der Waals surface area contributed by atoms with Gasteiger partial charge in [-0.2, -0.15) is 0 Å². The quantitative estimate of drug-likeness (QED) is 0.754. The fourth-order valence-corrected chi connectivity index (χ4v) is 2.13. The maximum atomic E-state index is 12.2. The van der Waals surface area contributed by atoms with Gasteiger partial charge >= 0.3 is 0 Å². The van der Waals surface area contributed by atoms with Crippen molar-refractivity contribution in [3.8, 4) is 0 Å². The SMILES string of the molecule is CCC(C)(C)NC(=O)c1ccc(NC(=O)C2CNCCO2)cc1.Cl. The second-order valence-corrected chi connectivity index (χ2v) is 6.32. The molecule has 0 saturated carbocycles. The third-order valence-corrected chi connectivity index (χ3v) is 3.97. The molecule has 1 aliphatic rings. The Labute approximate surface area is 149 Å². The highest BCUT2D eigenvalue weighted by molar-refractivity contribution is 5.97. The normalized spacial score (nSPS) is 17.5. The average molecular weight is 356 g/mol. The van der Waals surface area contributed by atoms with Gasteiger partial charge in [0.15, 0.2) is 0 Å². The van der Waals surface area contributed by atoms with Gasteiger partial charge in [-0.25, -0.2) is 0 Å². The Balaban J connectivity index is 0.00000288. The molecule has 1 fully saturated rings. The Morgan fingerprint density at radius 1 is 1.29 bits per heavy atom. The van der Waals surface area contributed by atoms with Gasteiger partial charge < -0.3 is 20.7 Å². The van der Waals surface area contributed by atoms with E-state index in [0.717, 1.165) is 13.0 Å². The Hall–Kier alpha value is -1.63. The summed E-state index contributed by atoms with van der Waals surface area (Å²) in [6, 6.07) is 6.86. The van der Waals surface area contributed by atoms with E-state index >= 15 is 0 Å². The van der Waals surface area contributed by atoms with Crippen LogP contribution in [0.25, 0.3) is 0 Å². The molecule has 3 N–H and O–H groups in total. The second kappa shape index (κ2) is 9.01. The van der Waals surface area contributed by atoms with Gasteiger partial charge in [0.25, 0.3) is 11.8 Å². The zero-order valence-corrected chi connectivity index (χ0v) is 15.2. The van der Waals surface area contributed by atoms with Crippen LogP contribution < -0.4 is 16.0 Å². The fraction of sp³-hybridized carbons (Fsp3) is 0.529. The summed E-state index contributed by atoms with van der Waals surface area (Å²) < 4.78 is 5.40. The number of carbonyl (C=O) groups is 2. The van der Waals surface area contributed by atoms with Crippen LogP contribution in [0.15, 0.2) is 24.3 Å². The Kier molecular flexibility index (Phi) is 7.66. The van der Waals surface area contributed by atoms with Gasteiger partial charge in [-0.15, -0.1) is 12.4 Å². The molecular weight excluding hydrogens is 330 g/mol. The third-order valence-electron chi connectivity index (χ3n) is 3.97. The molecule has 134 valence electrons. The summed E-state index contributed by atoms with van der Waals surface area (Å²) in [6.45, 7) is 7.81. The number of ether oxygens (including phenoxy) is 1. The summed E-state index contributed by atoms with van der Waals surface area (Å²) in [5, 5.41) is 8.90. The second-order valence-electron chi connectivity index (χ2n) is 6.32. The maximum Gasteiger partial charge on any atom is 0.254 e. The molecule has 2 rings (SSSR count). The van der Waals surface area contributed by atoms with Crippen molar-refractivity contribution >= 4 is 29.9 Å². The first-order valence-corrected chi connectivity index (χ1v) is 7.97. The number of morpholine rings is 1. The number of halogens is 1. The van der Waals surface area contributed by atoms with Crippen LogP contribution in [0.2, 0.25) is 0 Å². The van der Waals surface area contributed by atoms with Crippen LogP contribution >= 0.6 is 12.4 Å².